The van der Waals surface area contributed by atoms with E-state index < -0.39 is 33.8 Å². The summed E-state index contributed by atoms with van der Waals surface area (Å²) < 4.78 is 28.1. The fourth-order valence-corrected chi connectivity index (χ4v) is 5.72. The van der Waals surface area contributed by atoms with Crippen molar-refractivity contribution in [1.29, 1.82) is 0 Å². The highest BCUT2D eigenvalue weighted by Gasteiger charge is 2.44. The number of nitrogens with zero attached hydrogens (tertiary/aromatic N) is 2. The largest absolute Gasteiger partial charge is 0.271 e. The number of benzene rings is 3. The third kappa shape index (κ3) is 4.66. The highest BCUT2D eigenvalue weighted by molar-refractivity contribution is 7.93. The van der Waals surface area contributed by atoms with Crippen LogP contribution in [-0.2, 0) is 21.2 Å². The van der Waals surface area contributed by atoms with Crippen LogP contribution in [0.2, 0.25) is 5.02 Å². The van der Waals surface area contributed by atoms with Crippen LogP contribution in [0.3, 0.4) is 0 Å². The van der Waals surface area contributed by atoms with Gasteiger partial charge in [-0.25, -0.2) is 12.7 Å². The number of aryl methyl sites for hydroxylation is 1. The number of fused-ring (bicyclic) bond motifs is 1. The summed E-state index contributed by atoms with van der Waals surface area (Å²) in [6, 6.07) is 17.0. The number of sulfonamides is 1. The number of unbranched alkanes of at least 4 members (excludes halogenated alkanes) is 1. The van der Waals surface area contributed by atoms with Crippen LogP contribution in [-0.4, -0.2) is 37.1 Å². The lowest BCUT2D eigenvalue weighted by Crippen LogP contribution is -2.51. The van der Waals surface area contributed by atoms with Crippen molar-refractivity contribution in [2.75, 3.05) is 4.31 Å². The molecule has 0 aromatic heterocycles. The molecule has 3 aromatic rings. The van der Waals surface area contributed by atoms with Crippen LogP contribution in [0.1, 0.15) is 53.0 Å². The molecule has 3 amide bonds. The van der Waals surface area contributed by atoms with Gasteiger partial charge in [0.15, 0.2) is 0 Å². The van der Waals surface area contributed by atoms with Crippen LogP contribution < -0.4 is 4.31 Å². The van der Waals surface area contributed by atoms with Crippen LogP contribution in [0.15, 0.2) is 77.7 Å². The standard InChI is InChI=1S/C27H25ClN2O5S/c1-3-4-7-19-10-14-21(15-11-19)30(36(34,35)22-16-12-20(28)13-17-22)25(31)18(2)29-26(32)23-8-5-6-9-24(23)27(29)33/h5-6,8-18H,3-4,7H2,1-2H3. The van der Waals surface area contributed by atoms with E-state index in [4.69, 9.17) is 11.6 Å². The van der Waals surface area contributed by atoms with Crippen LogP contribution in [0.5, 0.6) is 0 Å². The molecule has 3 aromatic carbocycles. The van der Waals surface area contributed by atoms with E-state index in [1.54, 1.807) is 36.4 Å². The van der Waals surface area contributed by atoms with Crippen LogP contribution in [0.25, 0.3) is 0 Å². The molecule has 0 aliphatic carbocycles. The summed E-state index contributed by atoms with van der Waals surface area (Å²) in [5.74, 6) is -2.22. The molecule has 0 fully saturated rings. The van der Waals surface area contributed by atoms with Gasteiger partial charge in [-0.3, -0.25) is 19.3 Å². The number of carbonyl (C=O) groups excluding carboxylic acids is 3. The van der Waals surface area contributed by atoms with Gasteiger partial charge in [0.1, 0.15) is 6.04 Å². The zero-order valence-corrected chi connectivity index (χ0v) is 21.4. The molecule has 0 saturated carbocycles. The van der Waals surface area contributed by atoms with Gasteiger partial charge in [-0.05, 0) is 73.9 Å². The average molecular weight is 525 g/mol. The van der Waals surface area contributed by atoms with E-state index in [2.05, 4.69) is 6.92 Å². The minimum atomic E-state index is -4.40. The average Bonchev–Trinajstić information content (AvgIpc) is 3.13. The molecule has 1 atom stereocenters. The first-order valence-corrected chi connectivity index (χ1v) is 13.4. The highest BCUT2D eigenvalue weighted by atomic mass is 35.5. The van der Waals surface area contributed by atoms with Crippen molar-refractivity contribution in [3.8, 4) is 0 Å². The Balaban J connectivity index is 1.75. The Morgan fingerprint density at radius 1 is 0.917 bits per heavy atom. The lowest BCUT2D eigenvalue weighted by molar-refractivity contribution is -0.120. The van der Waals surface area contributed by atoms with E-state index in [0.29, 0.717) is 9.33 Å². The molecule has 0 bridgehead atoms. The summed E-state index contributed by atoms with van der Waals surface area (Å²) in [7, 11) is -4.40. The Kier molecular flexibility index (Phi) is 7.28. The Morgan fingerprint density at radius 3 is 2.00 bits per heavy atom. The second kappa shape index (κ2) is 10.2. The first kappa shape index (κ1) is 25.6. The number of hydrogen-bond donors (Lipinski definition) is 0. The van der Waals surface area contributed by atoms with E-state index in [1.807, 2.05) is 0 Å². The molecule has 0 spiro atoms. The van der Waals surface area contributed by atoms with Crippen molar-refractivity contribution in [3.63, 3.8) is 0 Å². The van der Waals surface area contributed by atoms with Crippen molar-refractivity contribution in [3.05, 3.63) is 94.5 Å². The molecular formula is C27H25ClN2O5S. The summed E-state index contributed by atoms with van der Waals surface area (Å²) in [6.07, 6.45) is 2.80. The molecule has 1 unspecified atom stereocenters. The number of rotatable bonds is 8. The van der Waals surface area contributed by atoms with E-state index in [1.165, 1.54) is 43.3 Å². The maximum Gasteiger partial charge on any atom is 0.270 e. The fraction of sp³-hybridized carbons (Fsp3) is 0.222. The van der Waals surface area contributed by atoms with Gasteiger partial charge in [-0.1, -0.05) is 49.2 Å². The van der Waals surface area contributed by atoms with E-state index in [9.17, 15) is 22.8 Å². The van der Waals surface area contributed by atoms with Gasteiger partial charge in [0.25, 0.3) is 27.7 Å². The minimum Gasteiger partial charge on any atom is -0.271 e. The molecule has 1 aliphatic heterocycles. The molecule has 0 saturated heterocycles. The third-order valence-corrected chi connectivity index (χ3v) is 8.10. The van der Waals surface area contributed by atoms with Crippen molar-refractivity contribution in [2.45, 2.75) is 44.0 Å². The maximum atomic E-state index is 13.8. The van der Waals surface area contributed by atoms with Crippen LogP contribution >= 0.6 is 11.6 Å². The molecule has 36 heavy (non-hydrogen) atoms. The predicted molar refractivity (Wildman–Crippen MR) is 138 cm³/mol. The lowest BCUT2D eigenvalue weighted by atomic mass is 10.1. The number of halogens is 1. The summed E-state index contributed by atoms with van der Waals surface area (Å²) >= 11 is 5.94. The first-order valence-electron chi connectivity index (χ1n) is 11.6. The summed E-state index contributed by atoms with van der Waals surface area (Å²) in [6.45, 7) is 3.43. The van der Waals surface area contributed by atoms with Gasteiger partial charge in [0.05, 0.1) is 21.7 Å². The van der Waals surface area contributed by atoms with Crippen molar-refractivity contribution < 1.29 is 22.8 Å². The number of anilines is 1. The van der Waals surface area contributed by atoms with Gasteiger partial charge in [-0.15, -0.1) is 0 Å². The van der Waals surface area contributed by atoms with E-state index >= 15 is 0 Å². The van der Waals surface area contributed by atoms with Gasteiger partial charge in [0.2, 0.25) is 0 Å². The predicted octanol–water partition coefficient (Wildman–Crippen LogP) is 5.09. The zero-order valence-electron chi connectivity index (χ0n) is 19.8. The minimum absolute atomic E-state index is 0.110. The Hall–Kier alpha value is -3.49. The molecule has 9 heteroatoms. The number of hydrogen-bond acceptors (Lipinski definition) is 5. The topological polar surface area (TPSA) is 91.8 Å². The Bertz CT molecular complexity index is 1380. The number of imide groups is 1. The maximum absolute atomic E-state index is 13.8. The highest BCUT2D eigenvalue weighted by Crippen LogP contribution is 2.30. The SMILES string of the molecule is CCCCc1ccc(N(C(=O)C(C)N2C(=O)c3ccccc3C2=O)S(=O)(=O)c2ccc(Cl)cc2)cc1. The molecule has 0 radical (unpaired) electrons. The van der Waals surface area contributed by atoms with Crippen molar-refractivity contribution in [1.82, 2.24) is 4.90 Å². The number of carbonyl (C=O) groups is 3. The second-order valence-electron chi connectivity index (χ2n) is 8.53. The monoisotopic (exact) mass is 524 g/mol. The van der Waals surface area contributed by atoms with E-state index in [0.717, 1.165) is 29.7 Å². The summed E-state index contributed by atoms with van der Waals surface area (Å²) in [4.78, 5) is 40.4. The summed E-state index contributed by atoms with van der Waals surface area (Å²) in [5.41, 5.74) is 1.47. The van der Waals surface area contributed by atoms with Crippen LogP contribution in [0, 0.1) is 0 Å². The van der Waals surface area contributed by atoms with Gasteiger partial charge < -0.3 is 0 Å². The molecule has 1 aliphatic rings. The van der Waals surface area contributed by atoms with Gasteiger partial charge in [0, 0.05) is 5.02 Å². The van der Waals surface area contributed by atoms with Crippen molar-refractivity contribution in [2.24, 2.45) is 0 Å². The first-order chi connectivity index (χ1) is 17.2. The lowest BCUT2D eigenvalue weighted by Gasteiger charge is -2.29. The van der Waals surface area contributed by atoms with Crippen LogP contribution in [0.4, 0.5) is 5.69 Å². The molecule has 4 rings (SSSR count). The third-order valence-electron chi connectivity index (χ3n) is 6.11. The smallest absolute Gasteiger partial charge is 0.270 e. The fourth-order valence-electron chi connectivity index (χ4n) is 4.12. The van der Waals surface area contributed by atoms with E-state index in [-0.39, 0.29) is 21.7 Å². The Labute approximate surface area is 215 Å². The van der Waals surface area contributed by atoms with Gasteiger partial charge >= 0.3 is 0 Å². The zero-order chi connectivity index (χ0) is 26.0. The Morgan fingerprint density at radius 2 is 1.47 bits per heavy atom. The normalized spacial score (nSPS) is 14.0. The number of amides is 3. The molecule has 1 heterocycles. The molecule has 0 N–H and O–H groups in total. The second-order valence-corrected chi connectivity index (χ2v) is 10.8. The van der Waals surface area contributed by atoms with Gasteiger partial charge in [-0.2, -0.15) is 0 Å². The van der Waals surface area contributed by atoms with Crippen molar-refractivity contribution >= 4 is 45.0 Å². The quantitative estimate of drug-likeness (QED) is 0.383. The molecule has 7 nitrogen and oxygen atoms in total. The summed E-state index contributed by atoms with van der Waals surface area (Å²) in [5, 5.41) is 0.339. The molecular weight excluding hydrogens is 500 g/mol. The molecule has 186 valence electrons.